The zero-order valence-electron chi connectivity index (χ0n) is 11.9. The van der Waals surface area contributed by atoms with Gasteiger partial charge in [0.2, 0.25) is 0 Å². The predicted molar refractivity (Wildman–Crippen MR) is 78.0 cm³/mol. The van der Waals surface area contributed by atoms with Gasteiger partial charge >= 0.3 is 0 Å². The molecule has 0 aliphatic carbocycles. The smallest absolute Gasteiger partial charge is 0.168 e. The number of nitrogen functional groups attached to an aromatic ring is 1. The lowest BCUT2D eigenvalue weighted by Crippen LogP contribution is -2.28. The van der Waals surface area contributed by atoms with Crippen molar-refractivity contribution in [1.29, 1.82) is 0 Å². The molecule has 17 heavy (non-hydrogen) atoms. The van der Waals surface area contributed by atoms with Gasteiger partial charge in [-0.25, -0.2) is 0 Å². The molecule has 1 rings (SSSR count). The van der Waals surface area contributed by atoms with E-state index < -0.39 is 9.76 Å². The average molecular weight is 251 g/mol. The number of rotatable bonds is 3. The standard InChI is InChI=1S/C14H25NOSi/c1-10-8-7-9-11(12(10)15)14(5,6)16-17-13(2,3)4/h7-9H,15,17H2,1-6H3. The van der Waals surface area contributed by atoms with Crippen LogP contribution in [0.5, 0.6) is 0 Å². The summed E-state index contributed by atoms with van der Waals surface area (Å²) in [6.45, 7) is 12.9. The van der Waals surface area contributed by atoms with Crippen LogP contribution in [-0.2, 0) is 10.0 Å². The van der Waals surface area contributed by atoms with E-state index in [0.717, 1.165) is 16.8 Å². The minimum Gasteiger partial charge on any atom is -0.414 e. The lowest BCUT2D eigenvalue weighted by Gasteiger charge is -2.31. The van der Waals surface area contributed by atoms with Gasteiger partial charge in [0.15, 0.2) is 9.76 Å². The monoisotopic (exact) mass is 251 g/mol. The molecular weight excluding hydrogens is 226 g/mol. The van der Waals surface area contributed by atoms with Crippen molar-refractivity contribution in [3.05, 3.63) is 29.3 Å². The lowest BCUT2D eigenvalue weighted by atomic mass is 9.94. The Morgan fingerprint density at radius 1 is 1.12 bits per heavy atom. The molecule has 96 valence electrons. The number of para-hydroxylation sites is 1. The Balaban J connectivity index is 2.93. The van der Waals surface area contributed by atoms with Crippen LogP contribution in [0, 0.1) is 6.92 Å². The molecule has 0 heterocycles. The molecule has 0 saturated carbocycles. The molecule has 0 saturated heterocycles. The molecule has 3 heteroatoms. The number of aryl methyl sites for hydroxylation is 1. The Labute approximate surface area is 108 Å². The summed E-state index contributed by atoms with van der Waals surface area (Å²) in [6.07, 6.45) is 0. The van der Waals surface area contributed by atoms with E-state index in [1.54, 1.807) is 0 Å². The highest BCUT2D eigenvalue weighted by Crippen LogP contribution is 2.33. The molecule has 0 radical (unpaired) electrons. The molecule has 1 aromatic rings. The highest BCUT2D eigenvalue weighted by molar-refractivity contribution is 6.31. The third-order valence-corrected chi connectivity index (χ3v) is 4.57. The number of hydrogen-bond acceptors (Lipinski definition) is 2. The molecule has 0 amide bonds. The van der Waals surface area contributed by atoms with Crippen molar-refractivity contribution in [2.24, 2.45) is 0 Å². The number of hydrogen-bond donors (Lipinski definition) is 1. The van der Waals surface area contributed by atoms with E-state index in [9.17, 15) is 0 Å². The first-order valence-electron chi connectivity index (χ1n) is 6.13. The predicted octanol–water partition coefficient (Wildman–Crippen LogP) is 3.13. The summed E-state index contributed by atoms with van der Waals surface area (Å²) < 4.78 is 6.17. The van der Waals surface area contributed by atoms with E-state index in [1.807, 2.05) is 19.1 Å². The van der Waals surface area contributed by atoms with Crippen LogP contribution in [0.1, 0.15) is 45.7 Å². The fourth-order valence-electron chi connectivity index (χ4n) is 1.68. The first-order valence-corrected chi connectivity index (χ1v) is 7.41. The molecule has 2 nitrogen and oxygen atoms in total. The number of nitrogens with two attached hydrogens (primary N) is 1. The Morgan fingerprint density at radius 2 is 1.71 bits per heavy atom. The number of anilines is 1. The number of benzene rings is 1. The summed E-state index contributed by atoms with van der Waals surface area (Å²) in [6, 6.07) is 6.15. The highest BCUT2D eigenvalue weighted by Gasteiger charge is 2.26. The van der Waals surface area contributed by atoms with Gasteiger partial charge in [-0.15, -0.1) is 0 Å². The summed E-state index contributed by atoms with van der Waals surface area (Å²) in [7, 11) is -0.582. The molecule has 0 atom stereocenters. The second kappa shape index (κ2) is 4.82. The molecule has 0 aliphatic rings. The van der Waals surface area contributed by atoms with E-state index >= 15 is 0 Å². The van der Waals surface area contributed by atoms with Gasteiger partial charge in [0.05, 0.1) is 5.60 Å². The van der Waals surface area contributed by atoms with Crippen molar-refractivity contribution < 1.29 is 4.43 Å². The van der Waals surface area contributed by atoms with Crippen molar-refractivity contribution in [2.45, 2.75) is 52.2 Å². The van der Waals surface area contributed by atoms with Crippen molar-refractivity contribution in [3.8, 4) is 0 Å². The van der Waals surface area contributed by atoms with Crippen LogP contribution < -0.4 is 5.73 Å². The summed E-state index contributed by atoms with van der Waals surface area (Å²) in [5.74, 6) is 0. The Hall–Kier alpha value is -0.803. The van der Waals surface area contributed by atoms with Crippen LogP contribution >= 0.6 is 0 Å². The molecule has 0 bridgehead atoms. The Kier molecular flexibility index (Phi) is 4.05. The fourth-order valence-corrected chi connectivity index (χ4v) is 2.63. The van der Waals surface area contributed by atoms with Gasteiger partial charge in [0.1, 0.15) is 0 Å². The van der Waals surface area contributed by atoms with Crippen LogP contribution in [0.25, 0.3) is 0 Å². The summed E-state index contributed by atoms with van der Waals surface area (Å²) in [4.78, 5) is 0. The van der Waals surface area contributed by atoms with Crippen LogP contribution in [0.4, 0.5) is 5.69 Å². The van der Waals surface area contributed by atoms with Crippen molar-refractivity contribution in [1.82, 2.24) is 0 Å². The highest BCUT2D eigenvalue weighted by atomic mass is 28.2. The van der Waals surface area contributed by atoms with E-state index in [2.05, 4.69) is 40.7 Å². The molecule has 0 unspecified atom stereocenters. The zero-order valence-corrected chi connectivity index (χ0v) is 13.3. The maximum absolute atomic E-state index is 6.17. The van der Waals surface area contributed by atoms with Gasteiger partial charge in [0, 0.05) is 11.3 Å². The maximum Gasteiger partial charge on any atom is 0.168 e. The van der Waals surface area contributed by atoms with Gasteiger partial charge in [-0.1, -0.05) is 39.0 Å². The molecule has 0 fully saturated rings. The molecule has 2 N–H and O–H groups in total. The summed E-state index contributed by atoms with van der Waals surface area (Å²) in [5.41, 5.74) is 8.95. The quantitative estimate of drug-likeness (QED) is 0.662. The minimum atomic E-state index is -0.582. The summed E-state index contributed by atoms with van der Waals surface area (Å²) >= 11 is 0. The van der Waals surface area contributed by atoms with Crippen LogP contribution in [-0.4, -0.2) is 9.76 Å². The van der Waals surface area contributed by atoms with Crippen LogP contribution in [0.15, 0.2) is 18.2 Å². The second-order valence-electron chi connectivity index (χ2n) is 6.40. The van der Waals surface area contributed by atoms with Gasteiger partial charge in [-0.3, -0.25) is 0 Å². The lowest BCUT2D eigenvalue weighted by molar-refractivity contribution is 0.110. The second-order valence-corrected chi connectivity index (χ2v) is 9.09. The molecule has 0 aliphatic heterocycles. The van der Waals surface area contributed by atoms with Gasteiger partial charge < -0.3 is 10.2 Å². The van der Waals surface area contributed by atoms with E-state index in [-0.39, 0.29) is 5.60 Å². The SMILES string of the molecule is Cc1cccc(C(C)(C)O[SiH2]C(C)(C)C)c1N. The molecule has 0 spiro atoms. The van der Waals surface area contributed by atoms with Crippen molar-refractivity contribution in [2.75, 3.05) is 5.73 Å². The van der Waals surface area contributed by atoms with E-state index in [1.165, 1.54) is 0 Å². The largest absolute Gasteiger partial charge is 0.414 e. The van der Waals surface area contributed by atoms with Crippen LogP contribution in [0.3, 0.4) is 0 Å². The normalized spacial score (nSPS) is 13.5. The molecular formula is C14H25NOSi. The van der Waals surface area contributed by atoms with Gasteiger partial charge in [0.25, 0.3) is 0 Å². The maximum atomic E-state index is 6.17. The topological polar surface area (TPSA) is 35.2 Å². The van der Waals surface area contributed by atoms with Crippen molar-refractivity contribution in [3.63, 3.8) is 0 Å². The molecule has 0 aromatic heterocycles. The van der Waals surface area contributed by atoms with E-state index in [4.69, 9.17) is 10.2 Å². The average Bonchev–Trinajstić information content (AvgIpc) is 2.18. The van der Waals surface area contributed by atoms with Gasteiger partial charge in [-0.05, 0) is 31.4 Å². The first kappa shape index (κ1) is 14.3. The van der Waals surface area contributed by atoms with Crippen LogP contribution in [0.2, 0.25) is 5.04 Å². The third-order valence-electron chi connectivity index (χ3n) is 2.84. The fraction of sp³-hybridized carbons (Fsp3) is 0.571. The Bertz CT molecular complexity index is 394. The minimum absolute atomic E-state index is 0.282. The van der Waals surface area contributed by atoms with Crippen molar-refractivity contribution >= 4 is 15.5 Å². The van der Waals surface area contributed by atoms with E-state index in [0.29, 0.717) is 5.04 Å². The Morgan fingerprint density at radius 3 is 2.24 bits per heavy atom. The first-order chi connectivity index (χ1) is 7.63. The third kappa shape index (κ3) is 3.86. The summed E-state index contributed by atoms with van der Waals surface area (Å²) in [5, 5.41) is 0.301. The zero-order chi connectivity index (χ0) is 13.3. The molecule has 1 aromatic carbocycles. The van der Waals surface area contributed by atoms with Gasteiger partial charge in [-0.2, -0.15) is 0 Å².